The molecule has 4 nitrogen and oxygen atoms in total. The van der Waals surface area contributed by atoms with Crippen molar-refractivity contribution in [3.05, 3.63) is 65.4 Å². The number of carbonyl (C=O) groups excluding carboxylic acids is 1. The maximum absolute atomic E-state index is 12.7. The van der Waals surface area contributed by atoms with Crippen LogP contribution in [0.1, 0.15) is 33.9 Å². The molecular formula is C19H18N2O2. The molecule has 3 aromatic rings. The average Bonchev–Trinajstić information content (AvgIpc) is 3.18. The first kappa shape index (κ1) is 13.9. The zero-order valence-electron chi connectivity index (χ0n) is 12.9. The number of methoxy groups -OCH3 is 1. The van der Waals surface area contributed by atoms with E-state index in [-0.39, 0.29) is 11.9 Å². The summed E-state index contributed by atoms with van der Waals surface area (Å²) in [6.45, 7) is 0. The van der Waals surface area contributed by atoms with E-state index in [1.165, 1.54) is 11.1 Å². The number of aromatic amines is 1. The summed E-state index contributed by atoms with van der Waals surface area (Å²) in [6.07, 6.45) is 3.74. The molecule has 0 bridgehead atoms. The van der Waals surface area contributed by atoms with Crippen LogP contribution in [0.4, 0.5) is 0 Å². The minimum Gasteiger partial charge on any atom is -0.497 e. The van der Waals surface area contributed by atoms with Gasteiger partial charge in [-0.2, -0.15) is 0 Å². The van der Waals surface area contributed by atoms with E-state index < -0.39 is 0 Å². The third kappa shape index (κ3) is 2.36. The van der Waals surface area contributed by atoms with E-state index in [1.54, 1.807) is 13.3 Å². The molecule has 1 amide bonds. The number of benzene rings is 2. The van der Waals surface area contributed by atoms with Gasteiger partial charge in [0.1, 0.15) is 5.75 Å². The number of rotatable bonds is 3. The lowest BCUT2D eigenvalue weighted by Crippen LogP contribution is -2.26. The molecule has 4 rings (SSSR count). The predicted octanol–water partition coefficient (Wildman–Crippen LogP) is 3.59. The first-order valence-electron chi connectivity index (χ1n) is 7.80. The maximum Gasteiger partial charge on any atom is 0.253 e. The monoisotopic (exact) mass is 306 g/mol. The quantitative estimate of drug-likeness (QED) is 0.777. The molecule has 1 heterocycles. The highest BCUT2D eigenvalue weighted by atomic mass is 16.5. The van der Waals surface area contributed by atoms with Gasteiger partial charge < -0.3 is 15.0 Å². The van der Waals surface area contributed by atoms with Crippen LogP contribution in [0, 0.1) is 0 Å². The number of aryl methyl sites for hydroxylation is 1. The van der Waals surface area contributed by atoms with Gasteiger partial charge in [-0.05, 0) is 42.2 Å². The molecule has 4 heteroatoms. The number of nitrogens with one attached hydrogen (secondary N) is 2. The maximum atomic E-state index is 12.7. The fraction of sp³-hybridized carbons (Fsp3) is 0.211. The van der Waals surface area contributed by atoms with E-state index in [0.717, 1.165) is 29.5 Å². The molecule has 1 aliphatic carbocycles. The second-order valence-corrected chi connectivity index (χ2v) is 5.88. The van der Waals surface area contributed by atoms with Crippen molar-refractivity contribution in [1.82, 2.24) is 10.3 Å². The summed E-state index contributed by atoms with van der Waals surface area (Å²) in [6, 6.07) is 14.1. The van der Waals surface area contributed by atoms with Crippen LogP contribution in [0.15, 0.2) is 48.7 Å². The van der Waals surface area contributed by atoms with Gasteiger partial charge in [-0.25, -0.2) is 0 Å². The van der Waals surface area contributed by atoms with Gasteiger partial charge in [-0.1, -0.05) is 24.3 Å². The SMILES string of the molecule is COc1ccc2[nH]cc(C(=O)NC3CCc4ccccc43)c2c1. The Labute approximate surface area is 134 Å². The second kappa shape index (κ2) is 5.47. The van der Waals surface area contributed by atoms with Gasteiger partial charge in [-0.15, -0.1) is 0 Å². The van der Waals surface area contributed by atoms with Crippen molar-refractivity contribution in [3.8, 4) is 5.75 Å². The van der Waals surface area contributed by atoms with Gasteiger partial charge in [0.05, 0.1) is 18.7 Å². The zero-order valence-corrected chi connectivity index (χ0v) is 12.9. The average molecular weight is 306 g/mol. The minimum absolute atomic E-state index is 0.0498. The fourth-order valence-electron chi connectivity index (χ4n) is 3.36. The Bertz CT molecular complexity index is 882. The van der Waals surface area contributed by atoms with Crippen LogP contribution >= 0.6 is 0 Å². The number of amides is 1. The van der Waals surface area contributed by atoms with Gasteiger partial charge in [0.2, 0.25) is 0 Å². The molecule has 1 aliphatic rings. The number of hydrogen-bond donors (Lipinski definition) is 2. The van der Waals surface area contributed by atoms with Crippen molar-refractivity contribution in [2.45, 2.75) is 18.9 Å². The van der Waals surface area contributed by atoms with E-state index in [4.69, 9.17) is 4.74 Å². The molecule has 0 aliphatic heterocycles. The summed E-state index contributed by atoms with van der Waals surface area (Å²) in [4.78, 5) is 15.9. The van der Waals surface area contributed by atoms with Gasteiger partial charge in [0.25, 0.3) is 5.91 Å². The lowest BCUT2D eigenvalue weighted by Gasteiger charge is -2.13. The molecule has 116 valence electrons. The van der Waals surface area contributed by atoms with Crippen molar-refractivity contribution >= 4 is 16.8 Å². The van der Waals surface area contributed by atoms with E-state index in [0.29, 0.717) is 5.56 Å². The van der Waals surface area contributed by atoms with E-state index in [2.05, 4.69) is 28.5 Å². The molecule has 0 saturated carbocycles. The van der Waals surface area contributed by atoms with E-state index in [1.807, 2.05) is 24.3 Å². The standard InChI is InChI=1S/C19H18N2O2/c1-23-13-7-9-17-15(10-13)16(11-20-17)19(22)21-18-8-6-12-4-2-3-5-14(12)18/h2-5,7,9-11,18,20H,6,8H2,1H3,(H,21,22). The third-order valence-corrected chi connectivity index (χ3v) is 4.57. The molecule has 2 N–H and O–H groups in total. The van der Waals surface area contributed by atoms with Crippen LogP contribution in [0.2, 0.25) is 0 Å². The van der Waals surface area contributed by atoms with Crippen LogP contribution < -0.4 is 10.1 Å². The van der Waals surface area contributed by atoms with Crippen LogP contribution in [-0.2, 0) is 6.42 Å². The number of carbonyl (C=O) groups is 1. The lowest BCUT2D eigenvalue weighted by molar-refractivity contribution is 0.0938. The van der Waals surface area contributed by atoms with Gasteiger partial charge >= 0.3 is 0 Å². The lowest BCUT2D eigenvalue weighted by atomic mass is 10.1. The molecule has 0 saturated heterocycles. The van der Waals surface area contributed by atoms with Crippen molar-refractivity contribution < 1.29 is 9.53 Å². The molecule has 1 unspecified atom stereocenters. The smallest absolute Gasteiger partial charge is 0.253 e. The molecule has 0 radical (unpaired) electrons. The summed E-state index contributed by atoms with van der Waals surface area (Å²) in [5.74, 6) is 0.698. The minimum atomic E-state index is -0.0498. The Morgan fingerprint density at radius 1 is 1.26 bits per heavy atom. The highest BCUT2D eigenvalue weighted by molar-refractivity contribution is 6.07. The van der Waals surface area contributed by atoms with E-state index in [9.17, 15) is 4.79 Å². The highest BCUT2D eigenvalue weighted by Crippen LogP contribution is 2.31. The number of fused-ring (bicyclic) bond motifs is 2. The topological polar surface area (TPSA) is 54.1 Å². The summed E-state index contributed by atoms with van der Waals surface area (Å²) < 4.78 is 5.26. The van der Waals surface area contributed by atoms with Gasteiger partial charge in [-0.3, -0.25) is 4.79 Å². The van der Waals surface area contributed by atoms with Crippen molar-refractivity contribution in [3.63, 3.8) is 0 Å². The van der Waals surface area contributed by atoms with Crippen LogP contribution in [0.5, 0.6) is 5.75 Å². The van der Waals surface area contributed by atoms with Crippen molar-refractivity contribution in [1.29, 1.82) is 0 Å². The molecule has 1 aromatic heterocycles. The number of ether oxygens (including phenoxy) is 1. The largest absolute Gasteiger partial charge is 0.497 e. The molecule has 2 aromatic carbocycles. The normalized spacial score (nSPS) is 16.3. The van der Waals surface area contributed by atoms with E-state index >= 15 is 0 Å². The van der Waals surface area contributed by atoms with Crippen LogP contribution in [0.3, 0.4) is 0 Å². The van der Waals surface area contributed by atoms with Gasteiger partial charge in [0, 0.05) is 17.1 Å². The number of hydrogen-bond acceptors (Lipinski definition) is 2. The first-order valence-corrected chi connectivity index (χ1v) is 7.80. The summed E-state index contributed by atoms with van der Waals surface area (Å²) in [5, 5.41) is 4.05. The van der Waals surface area contributed by atoms with Gasteiger partial charge in [0.15, 0.2) is 0 Å². The molecule has 23 heavy (non-hydrogen) atoms. The summed E-state index contributed by atoms with van der Waals surface area (Å²) in [5.41, 5.74) is 4.16. The Hall–Kier alpha value is -2.75. The molecular weight excluding hydrogens is 288 g/mol. The van der Waals surface area contributed by atoms with Crippen molar-refractivity contribution in [2.24, 2.45) is 0 Å². The Balaban J connectivity index is 1.63. The number of aromatic nitrogens is 1. The van der Waals surface area contributed by atoms with Crippen LogP contribution in [-0.4, -0.2) is 18.0 Å². The Kier molecular flexibility index (Phi) is 3.30. The van der Waals surface area contributed by atoms with Crippen molar-refractivity contribution in [2.75, 3.05) is 7.11 Å². The first-order chi connectivity index (χ1) is 11.3. The predicted molar refractivity (Wildman–Crippen MR) is 89.8 cm³/mol. The molecule has 1 atom stereocenters. The molecule has 0 spiro atoms. The number of H-pyrrole nitrogens is 1. The second-order valence-electron chi connectivity index (χ2n) is 5.88. The summed E-state index contributed by atoms with van der Waals surface area (Å²) in [7, 11) is 1.63. The molecule has 0 fully saturated rings. The zero-order chi connectivity index (χ0) is 15.8. The fourth-order valence-corrected chi connectivity index (χ4v) is 3.36. The Morgan fingerprint density at radius 3 is 3.00 bits per heavy atom. The highest BCUT2D eigenvalue weighted by Gasteiger charge is 2.24. The Morgan fingerprint density at radius 2 is 2.13 bits per heavy atom. The summed E-state index contributed by atoms with van der Waals surface area (Å²) >= 11 is 0. The third-order valence-electron chi connectivity index (χ3n) is 4.57. The van der Waals surface area contributed by atoms with Crippen LogP contribution in [0.25, 0.3) is 10.9 Å².